The van der Waals surface area contributed by atoms with Gasteiger partial charge in [0.2, 0.25) is 0 Å². The molecule has 0 radical (unpaired) electrons. The average molecular weight is 311 g/mol. The third-order valence-corrected chi connectivity index (χ3v) is 4.44. The highest BCUT2D eigenvalue weighted by atomic mass is 15.3. The highest BCUT2D eigenvalue weighted by Crippen LogP contribution is 2.19. The van der Waals surface area contributed by atoms with Crippen LogP contribution in [0.3, 0.4) is 0 Å². The first-order chi connectivity index (χ1) is 11.3. The second-order valence-corrected chi connectivity index (χ2v) is 6.00. The number of piperazine rings is 1. The fraction of sp³-hybridized carbons (Fsp3) is 0.444. The summed E-state index contributed by atoms with van der Waals surface area (Å²) in [6.45, 7) is 8.48. The average Bonchev–Trinajstić information content (AvgIpc) is 2.63. The first kappa shape index (κ1) is 15.7. The van der Waals surface area contributed by atoms with Crippen molar-refractivity contribution in [2.45, 2.75) is 13.5 Å². The molecule has 2 aromatic rings. The van der Waals surface area contributed by atoms with Gasteiger partial charge in [-0.15, -0.1) is 0 Å². The van der Waals surface area contributed by atoms with Crippen LogP contribution in [-0.2, 0) is 6.54 Å². The molecular weight excluding hydrogens is 286 g/mol. The normalized spacial score (nSPS) is 15.7. The maximum absolute atomic E-state index is 4.47. The van der Waals surface area contributed by atoms with Crippen LogP contribution >= 0.6 is 0 Å². The van der Waals surface area contributed by atoms with Crippen LogP contribution in [0.4, 0.5) is 11.6 Å². The Hall–Kier alpha value is -2.14. The van der Waals surface area contributed by atoms with Crippen molar-refractivity contribution in [1.29, 1.82) is 0 Å². The van der Waals surface area contributed by atoms with Gasteiger partial charge in [0.15, 0.2) is 0 Å². The van der Waals surface area contributed by atoms with Crippen molar-refractivity contribution in [3.05, 3.63) is 48.3 Å². The van der Waals surface area contributed by atoms with Gasteiger partial charge < -0.3 is 14.7 Å². The van der Waals surface area contributed by atoms with Gasteiger partial charge in [-0.05, 0) is 12.1 Å². The first-order valence-corrected chi connectivity index (χ1v) is 8.30. The Balaban J connectivity index is 1.67. The lowest BCUT2D eigenvalue weighted by Crippen LogP contribution is -2.46. The number of anilines is 2. The Labute approximate surface area is 138 Å². The van der Waals surface area contributed by atoms with Crippen LogP contribution in [-0.4, -0.2) is 54.6 Å². The minimum Gasteiger partial charge on any atom is -0.355 e. The minimum absolute atomic E-state index is 0.848. The largest absolute Gasteiger partial charge is 0.355 e. The van der Waals surface area contributed by atoms with E-state index in [1.807, 2.05) is 6.07 Å². The molecule has 122 valence electrons. The van der Waals surface area contributed by atoms with Crippen LogP contribution < -0.4 is 9.80 Å². The zero-order chi connectivity index (χ0) is 16.1. The molecule has 0 bridgehead atoms. The number of rotatable bonds is 5. The van der Waals surface area contributed by atoms with Crippen molar-refractivity contribution in [1.82, 2.24) is 14.9 Å². The molecule has 1 aliphatic rings. The van der Waals surface area contributed by atoms with Gasteiger partial charge >= 0.3 is 0 Å². The minimum atomic E-state index is 0.848. The van der Waals surface area contributed by atoms with Gasteiger partial charge in [-0.1, -0.05) is 37.3 Å². The van der Waals surface area contributed by atoms with E-state index in [0.717, 1.165) is 50.9 Å². The molecule has 5 nitrogen and oxygen atoms in total. The van der Waals surface area contributed by atoms with E-state index in [4.69, 9.17) is 0 Å². The van der Waals surface area contributed by atoms with E-state index in [9.17, 15) is 0 Å². The Morgan fingerprint density at radius 3 is 2.48 bits per heavy atom. The molecular formula is C18H25N5. The fourth-order valence-corrected chi connectivity index (χ4v) is 2.95. The molecule has 2 heterocycles. The van der Waals surface area contributed by atoms with Crippen molar-refractivity contribution >= 4 is 11.6 Å². The predicted octanol–water partition coefficient (Wildman–Crippen LogP) is 2.25. The van der Waals surface area contributed by atoms with Crippen molar-refractivity contribution in [3.63, 3.8) is 0 Å². The molecule has 1 saturated heterocycles. The van der Waals surface area contributed by atoms with Crippen LogP contribution in [0.1, 0.15) is 12.5 Å². The maximum atomic E-state index is 4.47. The van der Waals surface area contributed by atoms with Gasteiger partial charge in [-0.2, -0.15) is 0 Å². The first-order valence-electron chi connectivity index (χ1n) is 8.30. The lowest BCUT2D eigenvalue weighted by atomic mass is 10.2. The molecule has 0 unspecified atom stereocenters. The van der Waals surface area contributed by atoms with Crippen molar-refractivity contribution < 1.29 is 0 Å². The van der Waals surface area contributed by atoms with Gasteiger partial charge in [0, 0.05) is 45.8 Å². The summed E-state index contributed by atoms with van der Waals surface area (Å²) in [5, 5.41) is 0. The third-order valence-electron chi connectivity index (χ3n) is 4.44. The summed E-state index contributed by atoms with van der Waals surface area (Å²) in [5.41, 5.74) is 1.28. The molecule has 0 atom stereocenters. The Kier molecular flexibility index (Phi) is 5.08. The Bertz CT molecular complexity index is 608. The molecule has 5 heteroatoms. The summed E-state index contributed by atoms with van der Waals surface area (Å²) < 4.78 is 0. The van der Waals surface area contributed by atoms with Crippen LogP contribution in [0.2, 0.25) is 0 Å². The Morgan fingerprint density at radius 1 is 1.04 bits per heavy atom. The van der Waals surface area contributed by atoms with Gasteiger partial charge in [0.1, 0.15) is 18.0 Å². The maximum Gasteiger partial charge on any atom is 0.134 e. The van der Waals surface area contributed by atoms with Crippen LogP contribution in [0, 0.1) is 0 Å². The van der Waals surface area contributed by atoms with Crippen molar-refractivity contribution in [3.8, 4) is 0 Å². The molecule has 0 aliphatic carbocycles. The second kappa shape index (κ2) is 7.42. The smallest absolute Gasteiger partial charge is 0.134 e. The molecule has 1 aliphatic heterocycles. The number of hydrogen-bond donors (Lipinski definition) is 0. The van der Waals surface area contributed by atoms with Crippen LogP contribution in [0.15, 0.2) is 42.7 Å². The van der Waals surface area contributed by atoms with E-state index in [1.54, 1.807) is 6.33 Å². The molecule has 3 rings (SSSR count). The highest BCUT2D eigenvalue weighted by molar-refractivity contribution is 5.50. The number of hydrogen-bond acceptors (Lipinski definition) is 5. The second-order valence-electron chi connectivity index (χ2n) is 6.00. The SMILES string of the molecule is CCN1CCN(c2cc(N(C)Cc3ccccc3)ncn2)CC1. The van der Waals surface area contributed by atoms with E-state index < -0.39 is 0 Å². The molecule has 1 fully saturated rings. The van der Waals surface area contributed by atoms with Gasteiger partial charge in [0.25, 0.3) is 0 Å². The van der Waals surface area contributed by atoms with Gasteiger partial charge in [0.05, 0.1) is 0 Å². The fourth-order valence-electron chi connectivity index (χ4n) is 2.95. The van der Waals surface area contributed by atoms with Crippen LogP contribution in [0.5, 0.6) is 0 Å². The van der Waals surface area contributed by atoms with E-state index in [2.05, 4.69) is 69.0 Å². The van der Waals surface area contributed by atoms with E-state index in [-0.39, 0.29) is 0 Å². The standard InChI is InChI=1S/C18H25N5/c1-3-22-9-11-23(12-10-22)18-13-17(19-15-20-18)21(2)14-16-7-5-4-6-8-16/h4-8,13,15H,3,9-12,14H2,1-2H3. The number of nitrogens with zero attached hydrogens (tertiary/aromatic N) is 5. The molecule has 0 N–H and O–H groups in total. The molecule has 0 amide bonds. The Morgan fingerprint density at radius 2 is 1.78 bits per heavy atom. The zero-order valence-corrected chi connectivity index (χ0v) is 14.0. The number of benzene rings is 1. The molecule has 1 aromatic heterocycles. The summed E-state index contributed by atoms with van der Waals surface area (Å²) >= 11 is 0. The van der Waals surface area contributed by atoms with E-state index in [1.165, 1.54) is 5.56 Å². The van der Waals surface area contributed by atoms with Crippen LogP contribution in [0.25, 0.3) is 0 Å². The lowest BCUT2D eigenvalue weighted by molar-refractivity contribution is 0.270. The summed E-state index contributed by atoms with van der Waals surface area (Å²) in [6, 6.07) is 12.6. The summed E-state index contributed by atoms with van der Waals surface area (Å²) in [4.78, 5) is 15.9. The molecule has 23 heavy (non-hydrogen) atoms. The zero-order valence-electron chi connectivity index (χ0n) is 14.0. The van der Waals surface area contributed by atoms with Crippen molar-refractivity contribution in [2.24, 2.45) is 0 Å². The predicted molar refractivity (Wildman–Crippen MR) is 94.9 cm³/mol. The summed E-state index contributed by atoms with van der Waals surface area (Å²) in [7, 11) is 2.08. The highest BCUT2D eigenvalue weighted by Gasteiger charge is 2.17. The number of likely N-dealkylation sites (N-methyl/N-ethyl adjacent to an activating group) is 1. The van der Waals surface area contributed by atoms with Gasteiger partial charge in [-0.25, -0.2) is 9.97 Å². The topological polar surface area (TPSA) is 35.5 Å². The quantitative estimate of drug-likeness (QED) is 0.846. The monoisotopic (exact) mass is 311 g/mol. The number of aromatic nitrogens is 2. The lowest BCUT2D eigenvalue weighted by Gasteiger charge is -2.35. The third kappa shape index (κ3) is 3.99. The molecule has 0 spiro atoms. The summed E-state index contributed by atoms with van der Waals surface area (Å²) in [5.74, 6) is 2.00. The van der Waals surface area contributed by atoms with Crippen molar-refractivity contribution in [2.75, 3.05) is 49.6 Å². The summed E-state index contributed by atoms with van der Waals surface area (Å²) in [6.07, 6.45) is 1.68. The van der Waals surface area contributed by atoms with E-state index in [0.29, 0.717) is 0 Å². The molecule has 0 saturated carbocycles. The van der Waals surface area contributed by atoms with Gasteiger partial charge in [-0.3, -0.25) is 0 Å². The molecule has 1 aromatic carbocycles. The van der Waals surface area contributed by atoms with E-state index >= 15 is 0 Å².